The predicted octanol–water partition coefficient (Wildman–Crippen LogP) is 3.68. The molecule has 1 N–H and O–H groups in total. The Morgan fingerprint density at radius 3 is 2.42 bits per heavy atom. The topological polar surface area (TPSA) is 93.9 Å². The van der Waals surface area contributed by atoms with Crippen molar-refractivity contribution in [2.75, 3.05) is 27.3 Å². The minimum Gasteiger partial charge on any atom is -0.494 e. The summed E-state index contributed by atoms with van der Waals surface area (Å²) in [4.78, 5) is 33.2. The Morgan fingerprint density at radius 2 is 1.78 bits per heavy atom. The third-order valence-electron chi connectivity index (χ3n) is 6.96. The van der Waals surface area contributed by atoms with Gasteiger partial charge in [0.1, 0.15) is 28.8 Å². The number of likely N-dealkylation sites (tertiary alicyclic amines) is 1. The smallest absolute Gasteiger partial charge is 0.275 e. The maximum Gasteiger partial charge on any atom is 0.275 e. The van der Waals surface area contributed by atoms with Gasteiger partial charge in [0.05, 0.1) is 14.2 Å². The fourth-order valence-electron chi connectivity index (χ4n) is 4.90. The van der Waals surface area contributed by atoms with Crippen LogP contribution in [0.3, 0.4) is 0 Å². The Morgan fingerprint density at radius 1 is 1.08 bits per heavy atom. The molecular weight excluding hydrogens is 465 g/mol. The summed E-state index contributed by atoms with van der Waals surface area (Å²) in [5, 5.41) is 10.8. The van der Waals surface area contributed by atoms with E-state index in [0.717, 1.165) is 12.8 Å². The lowest BCUT2D eigenvalue weighted by molar-refractivity contribution is 0.0784. The lowest BCUT2D eigenvalue weighted by Gasteiger charge is -2.21. The molecule has 2 aromatic carbocycles. The van der Waals surface area contributed by atoms with Gasteiger partial charge in [-0.25, -0.2) is 4.39 Å². The highest BCUT2D eigenvalue weighted by Crippen LogP contribution is 2.37. The molecule has 3 aromatic rings. The molecule has 0 bridgehead atoms. The van der Waals surface area contributed by atoms with Crippen LogP contribution in [0.1, 0.15) is 46.9 Å². The van der Waals surface area contributed by atoms with Gasteiger partial charge >= 0.3 is 0 Å². The number of rotatable bonds is 7. The van der Waals surface area contributed by atoms with Gasteiger partial charge in [0.25, 0.3) is 11.5 Å². The van der Waals surface area contributed by atoms with Crippen molar-refractivity contribution in [2.45, 2.75) is 31.6 Å². The van der Waals surface area contributed by atoms with Crippen LogP contribution in [0.5, 0.6) is 17.4 Å². The molecule has 1 saturated carbocycles. The number of hydrogen-bond donors (Lipinski definition) is 1. The molecule has 8 nitrogen and oxygen atoms in total. The second-order valence-corrected chi connectivity index (χ2v) is 9.28. The summed E-state index contributed by atoms with van der Waals surface area (Å²) >= 11 is 0. The van der Waals surface area contributed by atoms with Crippen LogP contribution in [-0.4, -0.2) is 52.8 Å². The second kappa shape index (κ2) is 9.64. The second-order valence-electron chi connectivity index (χ2n) is 9.28. The molecule has 2 aliphatic rings. The van der Waals surface area contributed by atoms with Crippen LogP contribution in [0.4, 0.5) is 4.39 Å². The average molecular weight is 494 g/mol. The van der Waals surface area contributed by atoms with Gasteiger partial charge in [0.15, 0.2) is 5.56 Å². The van der Waals surface area contributed by atoms with E-state index in [1.807, 2.05) is 0 Å². The number of nitrogens with zero attached hydrogens (tertiary/aromatic N) is 3. The number of benzene rings is 2. The first kappa shape index (κ1) is 23.8. The van der Waals surface area contributed by atoms with Gasteiger partial charge in [-0.1, -0.05) is 24.3 Å². The number of aromatic hydroxyl groups is 1. The molecule has 1 amide bonds. The fraction of sp³-hybridized carbons (Fsp3) is 0.370. The number of para-hydroxylation sites is 1. The van der Waals surface area contributed by atoms with Crippen LogP contribution in [0.15, 0.2) is 47.3 Å². The fourth-order valence-corrected chi connectivity index (χ4v) is 4.90. The van der Waals surface area contributed by atoms with Crippen molar-refractivity contribution >= 4 is 5.91 Å². The zero-order chi connectivity index (χ0) is 25.4. The summed E-state index contributed by atoms with van der Waals surface area (Å²) in [7, 11) is 2.97. The number of halogens is 1. The van der Waals surface area contributed by atoms with E-state index in [0.29, 0.717) is 53.9 Å². The molecule has 2 heterocycles. The van der Waals surface area contributed by atoms with Crippen LogP contribution in [0.25, 0.3) is 5.69 Å². The Kier molecular flexibility index (Phi) is 6.38. The van der Waals surface area contributed by atoms with Crippen molar-refractivity contribution in [1.29, 1.82) is 0 Å². The first-order valence-corrected chi connectivity index (χ1v) is 12.0. The van der Waals surface area contributed by atoms with E-state index in [9.17, 15) is 19.1 Å². The summed E-state index contributed by atoms with van der Waals surface area (Å²) in [6, 6.07) is 11.6. The Labute approximate surface area is 207 Å². The number of carbonyl (C=O) groups is 1. The number of carbonyl (C=O) groups excluding carboxylic acids is 1. The van der Waals surface area contributed by atoms with Crippen molar-refractivity contribution in [3.63, 3.8) is 0 Å². The molecule has 5 rings (SSSR count). The normalized spacial score (nSPS) is 17.3. The quantitative estimate of drug-likeness (QED) is 0.540. The molecule has 0 spiro atoms. The first-order valence-electron chi connectivity index (χ1n) is 12.0. The van der Waals surface area contributed by atoms with Gasteiger partial charge in [-0.3, -0.25) is 14.2 Å². The van der Waals surface area contributed by atoms with Gasteiger partial charge in [0, 0.05) is 25.4 Å². The summed E-state index contributed by atoms with van der Waals surface area (Å²) in [6.07, 6.45) is 3.03. The molecule has 0 radical (unpaired) electrons. The van der Waals surface area contributed by atoms with Gasteiger partial charge in [-0.2, -0.15) is 4.98 Å². The van der Waals surface area contributed by atoms with E-state index in [2.05, 4.69) is 4.98 Å². The maximum atomic E-state index is 14.3. The van der Waals surface area contributed by atoms with Crippen molar-refractivity contribution in [1.82, 2.24) is 14.5 Å². The Balaban J connectivity index is 1.58. The minimum atomic E-state index is -0.694. The summed E-state index contributed by atoms with van der Waals surface area (Å²) in [5.41, 5.74) is -0.251. The summed E-state index contributed by atoms with van der Waals surface area (Å²) in [6.45, 7) is 0.568. The number of aromatic nitrogens is 2. The van der Waals surface area contributed by atoms with E-state index in [1.165, 1.54) is 29.8 Å². The first-order chi connectivity index (χ1) is 17.4. The molecule has 1 atom stereocenters. The van der Waals surface area contributed by atoms with E-state index < -0.39 is 22.9 Å². The van der Waals surface area contributed by atoms with E-state index >= 15 is 0 Å². The maximum absolute atomic E-state index is 14.3. The van der Waals surface area contributed by atoms with Crippen LogP contribution in [0, 0.1) is 11.7 Å². The monoisotopic (exact) mass is 493 g/mol. The van der Waals surface area contributed by atoms with E-state index in [-0.39, 0.29) is 18.3 Å². The summed E-state index contributed by atoms with van der Waals surface area (Å²) < 4.78 is 26.7. The average Bonchev–Trinajstić information content (AvgIpc) is 3.55. The Hall–Kier alpha value is -3.88. The van der Waals surface area contributed by atoms with Gasteiger partial charge in [0.2, 0.25) is 5.88 Å². The van der Waals surface area contributed by atoms with Gasteiger partial charge < -0.3 is 19.5 Å². The highest BCUT2D eigenvalue weighted by atomic mass is 19.1. The van der Waals surface area contributed by atoms with Crippen molar-refractivity contribution in [2.24, 2.45) is 5.92 Å². The van der Waals surface area contributed by atoms with E-state index in [4.69, 9.17) is 9.47 Å². The zero-order valence-electron chi connectivity index (χ0n) is 20.2. The standard InChI is InChI=1S/C27H28FN3O5/c1-35-20-8-5-9-21(36-2)24(20)31-22(14-16-10-11-16)29-25(32)23(27(31)34)26(33)30-13-12-17(15-30)18-6-3-4-7-19(18)28/h3-9,16-17,32H,10-15H2,1-2H3. The minimum absolute atomic E-state index is 0.198. The molecule has 1 unspecified atom stereocenters. The largest absolute Gasteiger partial charge is 0.494 e. The molecule has 1 aromatic heterocycles. The number of hydrogen-bond acceptors (Lipinski definition) is 6. The van der Waals surface area contributed by atoms with Crippen LogP contribution in [0.2, 0.25) is 0 Å². The van der Waals surface area contributed by atoms with Crippen molar-refractivity contribution < 1.29 is 23.8 Å². The number of amides is 1. The predicted molar refractivity (Wildman–Crippen MR) is 131 cm³/mol. The van der Waals surface area contributed by atoms with Crippen LogP contribution < -0.4 is 15.0 Å². The summed E-state index contributed by atoms with van der Waals surface area (Å²) in [5.74, 6) is -0.313. The Bertz CT molecular complexity index is 1350. The third kappa shape index (κ3) is 4.29. The lowest BCUT2D eigenvalue weighted by atomic mass is 9.98. The molecule has 36 heavy (non-hydrogen) atoms. The SMILES string of the molecule is COc1cccc(OC)c1-n1c(CC2CC2)nc(O)c(C(=O)N2CCC(c3ccccc3F)C2)c1=O. The number of methoxy groups -OCH3 is 2. The molecule has 2 fully saturated rings. The van der Waals surface area contributed by atoms with Crippen LogP contribution in [-0.2, 0) is 6.42 Å². The molecule has 188 valence electrons. The van der Waals surface area contributed by atoms with Gasteiger partial charge in [-0.15, -0.1) is 0 Å². The lowest BCUT2D eigenvalue weighted by Crippen LogP contribution is -2.37. The molecule has 1 aliphatic carbocycles. The highest BCUT2D eigenvalue weighted by Gasteiger charge is 2.35. The molecule has 1 aliphatic heterocycles. The van der Waals surface area contributed by atoms with Crippen molar-refractivity contribution in [3.05, 3.63) is 75.6 Å². The number of ether oxygens (including phenoxy) is 2. The third-order valence-corrected chi connectivity index (χ3v) is 6.96. The molecule has 1 saturated heterocycles. The van der Waals surface area contributed by atoms with Crippen LogP contribution >= 0.6 is 0 Å². The van der Waals surface area contributed by atoms with Gasteiger partial charge in [-0.05, 0) is 48.9 Å². The van der Waals surface area contributed by atoms with E-state index in [1.54, 1.807) is 36.4 Å². The van der Waals surface area contributed by atoms with Crippen molar-refractivity contribution in [3.8, 4) is 23.1 Å². The zero-order valence-corrected chi connectivity index (χ0v) is 20.2. The highest BCUT2D eigenvalue weighted by molar-refractivity contribution is 5.96. The molecule has 9 heteroatoms. The molecular formula is C27H28FN3O5.